The fourth-order valence-corrected chi connectivity index (χ4v) is 2.70. The summed E-state index contributed by atoms with van der Waals surface area (Å²) in [5.41, 5.74) is 10.9. The maximum atomic E-state index is 12.7. The van der Waals surface area contributed by atoms with Crippen molar-refractivity contribution in [2.75, 3.05) is 13.1 Å². The van der Waals surface area contributed by atoms with Gasteiger partial charge in [-0.05, 0) is 32.2 Å². The minimum absolute atomic E-state index is 0.105. The fraction of sp³-hybridized carbons (Fsp3) is 0.867. The molecule has 0 unspecified atom stereocenters. The van der Waals surface area contributed by atoms with Crippen molar-refractivity contribution in [2.45, 2.75) is 70.8 Å². The molecule has 1 aliphatic rings. The fourth-order valence-electron chi connectivity index (χ4n) is 2.70. The van der Waals surface area contributed by atoms with Gasteiger partial charge in [-0.3, -0.25) is 9.69 Å². The van der Waals surface area contributed by atoms with Crippen molar-refractivity contribution < 1.29 is 4.79 Å². The van der Waals surface area contributed by atoms with E-state index in [0.717, 1.165) is 51.4 Å². The van der Waals surface area contributed by atoms with Gasteiger partial charge in [-0.15, -0.1) is 0 Å². The lowest BCUT2D eigenvalue weighted by Gasteiger charge is -2.26. The summed E-state index contributed by atoms with van der Waals surface area (Å²) < 4.78 is 0. The quantitative estimate of drug-likeness (QED) is 0.601. The lowest BCUT2D eigenvalue weighted by atomic mass is 9.87. The molecule has 1 aliphatic heterocycles. The smallest absolute Gasteiger partial charge is 0.257 e. The van der Waals surface area contributed by atoms with Gasteiger partial charge >= 0.3 is 0 Å². The van der Waals surface area contributed by atoms with E-state index in [9.17, 15) is 4.79 Å². The molecule has 0 fully saturated rings. The zero-order chi connectivity index (χ0) is 15.0. The van der Waals surface area contributed by atoms with E-state index in [1.54, 1.807) is 4.90 Å². The molecule has 1 heterocycles. The molecule has 4 N–H and O–H groups in total. The van der Waals surface area contributed by atoms with Crippen molar-refractivity contribution in [3.8, 4) is 0 Å². The van der Waals surface area contributed by atoms with Gasteiger partial charge in [-0.1, -0.05) is 39.5 Å². The molecular formula is C15H30N4O. The van der Waals surface area contributed by atoms with Crippen LogP contribution in [0.15, 0.2) is 4.99 Å². The first-order chi connectivity index (χ1) is 9.61. The Balaban J connectivity index is 2.77. The molecule has 116 valence electrons. The largest absolute Gasteiger partial charge is 0.369 e. The first-order valence-electron chi connectivity index (χ1n) is 7.98. The Hall–Kier alpha value is -1.10. The van der Waals surface area contributed by atoms with E-state index in [0.29, 0.717) is 19.0 Å². The molecule has 0 aromatic carbocycles. The number of hydrogen-bond acceptors (Lipinski definition) is 4. The summed E-state index contributed by atoms with van der Waals surface area (Å²) in [7, 11) is 0. The van der Waals surface area contributed by atoms with Crippen molar-refractivity contribution in [1.29, 1.82) is 0 Å². The van der Waals surface area contributed by atoms with Crippen LogP contribution in [0.3, 0.4) is 0 Å². The monoisotopic (exact) mass is 282 g/mol. The molecule has 0 atom stereocenters. The second-order valence-electron chi connectivity index (χ2n) is 5.66. The number of nitrogens with zero attached hydrogens (tertiary/aromatic N) is 2. The molecule has 5 nitrogen and oxygen atoms in total. The predicted octanol–water partition coefficient (Wildman–Crippen LogP) is 2.00. The number of carbonyl (C=O) groups excluding carboxylic acids is 1. The highest BCUT2D eigenvalue weighted by Gasteiger charge is 2.46. The summed E-state index contributed by atoms with van der Waals surface area (Å²) >= 11 is 0. The third-order valence-electron chi connectivity index (χ3n) is 3.97. The maximum absolute atomic E-state index is 12.7. The van der Waals surface area contributed by atoms with E-state index >= 15 is 0 Å². The van der Waals surface area contributed by atoms with Gasteiger partial charge in [0, 0.05) is 6.54 Å². The Kier molecular flexibility index (Phi) is 6.99. The average molecular weight is 282 g/mol. The average Bonchev–Trinajstić information content (AvgIpc) is 2.68. The van der Waals surface area contributed by atoms with Crippen LogP contribution in [-0.4, -0.2) is 35.4 Å². The van der Waals surface area contributed by atoms with E-state index in [4.69, 9.17) is 11.5 Å². The molecule has 0 radical (unpaired) electrons. The Morgan fingerprint density at radius 1 is 1.10 bits per heavy atom. The van der Waals surface area contributed by atoms with Gasteiger partial charge in [0.15, 0.2) is 5.96 Å². The molecule has 0 aliphatic carbocycles. The molecule has 1 amide bonds. The number of rotatable bonds is 10. The molecule has 0 aromatic rings. The van der Waals surface area contributed by atoms with Gasteiger partial charge in [-0.2, -0.15) is 0 Å². The lowest BCUT2D eigenvalue weighted by molar-refractivity contribution is -0.131. The summed E-state index contributed by atoms with van der Waals surface area (Å²) in [5.74, 6) is 0.508. The summed E-state index contributed by atoms with van der Waals surface area (Å²) in [4.78, 5) is 19.0. The lowest BCUT2D eigenvalue weighted by Crippen LogP contribution is -2.44. The van der Waals surface area contributed by atoms with E-state index < -0.39 is 5.54 Å². The minimum Gasteiger partial charge on any atom is -0.369 e. The maximum Gasteiger partial charge on any atom is 0.257 e. The Morgan fingerprint density at radius 2 is 1.70 bits per heavy atom. The molecule has 1 rings (SSSR count). The predicted molar refractivity (Wildman–Crippen MR) is 83.4 cm³/mol. The van der Waals surface area contributed by atoms with Crippen LogP contribution in [0.4, 0.5) is 0 Å². The van der Waals surface area contributed by atoms with Gasteiger partial charge in [0.05, 0.1) is 0 Å². The van der Waals surface area contributed by atoms with Crippen molar-refractivity contribution in [3.63, 3.8) is 0 Å². The molecular weight excluding hydrogens is 252 g/mol. The van der Waals surface area contributed by atoms with Crippen molar-refractivity contribution in [1.82, 2.24) is 4.90 Å². The van der Waals surface area contributed by atoms with Crippen LogP contribution in [0, 0.1) is 0 Å². The number of carbonyl (C=O) groups is 1. The number of nitrogens with two attached hydrogens (primary N) is 2. The Bertz CT molecular complexity index is 333. The summed E-state index contributed by atoms with van der Waals surface area (Å²) in [6, 6.07) is 0. The van der Waals surface area contributed by atoms with Crippen LogP contribution in [0.2, 0.25) is 0 Å². The van der Waals surface area contributed by atoms with Crippen molar-refractivity contribution in [2.24, 2.45) is 16.5 Å². The van der Waals surface area contributed by atoms with Gasteiger partial charge in [-0.25, -0.2) is 4.99 Å². The molecule has 0 saturated carbocycles. The molecule has 0 bridgehead atoms. The van der Waals surface area contributed by atoms with Gasteiger partial charge in [0.1, 0.15) is 5.54 Å². The second kappa shape index (κ2) is 8.25. The standard InChI is InChI=1S/C15H30N4O/c1-3-5-9-15(10-6-4-2)13(20)19(14(17)18-15)12-8-7-11-16/h3-12,16H2,1-2H3,(H2,17,18). The minimum atomic E-state index is -0.585. The van der Waals surface area contributed by atoms with E-state index in [2.05, 4.69) is 18.8 Å². The Morgan fingerprint density at radius 3 is 2.20 bits per heavy atom. The molecule has 5 heteroatoms. The third-order valence-corrected chi connectivity index (χ3v) is 3.97. The molecule has 0 spiro atoms. The SMILES string of the molecule is CCCCC1(CCCC)N=C(N)N(CCCCN)C1=O. The van der Waals surface area contributed by atoms with Crippen LogP contribution < -0.4 is 11.5 Å². The van der Waals surface area contributed by atoms with Crippen LogP contribution in [0.1, 0.15) is 65.2 Å². The highest BCUT2D eigenvalue weighted by molar-refractivity contribution is 6.06. The summed E-state index contributed by atoms with van der Waals surface area (Å²) in [5, 5.41) is 0. The van der Waals surface area contributed by atoms with Crippen LogP contribution in [-0.2, 0) is 4.79 Å². The second-order valence-corrected chi connectivity index (χ2v) is 5.66. The topological polar surface area (TPSA) is 84.7 Å². The Labute approximate surface area is 122 Å². The van der Waals surface area contributed by atoms with E-state index in [1.165, 1.54) is 0 Å². The third kappa shape index (κ3) is 3.95. The van der Waals surface area contributed by atoms with E-state index in [1.807, 2.05) is 0 Å². The van der Waals surface area contributed by atoms with Crippen LogP contribution in [0.25, 0.3) is 0 Å². The molecule has 0 aromatic heterocycles. The number of amides is 1. The van der Waals surface area contributed by atoms with E-state index in [-0.39, 0.29) is 5.91 Å². The van der Waals surface area contributed by atoms with Gasteiger partial charge < -0.3 is 11.5 Å². The van der Waals surface area contributed by atoms with Crippen LogP contribution in [0.5, 0.6) is 0 Å². The first-order valence-corrected chi connectivity index (χ1v) is 7.98. The zero-order valence-electron chi connectivity index (χ0n) is 13.0. The van der Waals surface area contributed by atoms with Crippen LogP contribution >= 0.6 is 0 Å². The zero-order valence-corrected chi connectivity index (χ0v) is 13.0. The highest BCUT2D eigenvalue weighted by atomic mass is 16.2. The summed E-state index contributed by atoms with van der Waals surface area (Å²) in [6.07, 6.45) is 7.61. The molecule has 20 heavy (non-hydrogen) atoms. The number of unbranched alkanes of at least 4 members (excludes halogenated alkanes) is 3. The number of hydrogen-bond donors (Lipinski definition) is 2. The molecule has 0 saturated heterocycles. The normalized spacial score (nSPS) is 17.6. The highest BCUT2D eigenvalue weighted by Crippen LogP contribution is 2.32. The number of guanidine groups is 1. The van der Waals surface area contributed by atoms with Crippen molar-refractivity contribution in [3.05, 3.63) is 0 Å². The number of aliphatic imine (C=N–C) groups is 1. The van der Waals surface area contributed by atoms with Gasteiger partial charge in [0.2, 0.25) is 0 Å². The first kappa shape index (κ1) is 17.0. The summed E-state index contributed by atoms with van der Waals surface area (Å²) in [6.45, 7) is 5.57. The van der Waals surface area contributed by atoms with Gasteiger partial charge in [0.25, 0.3) is 5.91 Å². The van der Waals surface area contributed by atoms with Crippen molar-refractivity contribution >= 4 is 11.9 Å².